The molecule has 1 saturated heterocycles. The number of pyridine rings is 1. The van der Waals surface area contributed by atoms with Crippen LogP contribution in [0.1, 0.15) is 10.4 Å². The van der Waals surface area contributed by atoms with Gasteiger partial charge >= 0.3 is 0 Å². The molecule has 0 saturated carbocycles. The Labute approximate surface area is 173 Å². The third-order valence-corrected chi connectivity index (χ3v) is 5.02. The molecule has 5 rings (SSSR count). The molecule has 0 atom stereocenters. The maximum atomic E-state index is 12.9. The van der Waals surface area contributed by atoms with Gasteiger partial charge in [0.15, 0.2) is 0 Å². The number of hydrogen-bond acceptors (Lipinski definition) is 6. The van der Waals surface area contributed by atoms with Crippen molar-refractivity contribution in [2.75, 3.05) is 36.5 Å². The number of ether oxygens (including phenoxy) is 1. The lowest BCUT2D eigenvalue weighted by Crippen LogP contribution is -2.38. The molecule has 1 aromatic carbocycles. The molecule has 0 aliphatic carbocycles. The number of carbonyl (C=O) groups excluding carboxylic acids is 1. The zero-order chi connectivity index (χ0) is 20.3. The van der Waals surface area contributed by atoms with Gasteiger partial charge in [0, 0.05) is 49.1 Å². The second-order valence-corrected chi connectivity index (χ2v) is 6.96. The minimum absolute atomic E-state index is 0.186. The van der Waals surface area contributed by atoms with Crippen LogP contribution in [0.15, 0.2) is 67.3 Å². The van der Waals surface area contributed by atoms with Gasteiger partial charge in [-0.15, -0.1) is 0 Å². The SMILES string of the molecule is O=C(Nc1ccc(-c2cn3cccnc3n2)cc1)c1cccnc1N1CCOCC1. The van der Waals surface area contributed by atoms with E-state index >= 15 is 0 Å². The largest absolute Gasteiger partial charge is 0.378 e. The first kappa shape index (κ1) is 18.3. The van der Waals surface area contributed by atoms with Gasteiger partial charge in [0.2, 0.25) is 5.78 Å². The molecule has 150 valence electrons. The molecule has 3 aromatic heterocycles. The highest BCUT2D eigenvalue weighted by Gasteiger charge is 2.20. The standard InChI is InChI=1S/C22H20N6O2/c29-21(18-3-1-8-23-20(18)27-11-13-30-14-12-27)25-17-6-4-16(5-7-17)19-15-28-10-2-9-24-22(28)26-19/h1-10,15H,11-14H2,(H,25,29). The van der Waals surface area contributed by atoms with Crippen molar-refractivity contribution in [3.63, 3.8) is 0 Å². The summed E-state index contributed by atoms with van der Waals surface area (Å²) in [5.41, 5.74) is 3.04. The van der Waals surface area contributed by atoms with E-state index in [1.165, 1.54) is 0 Å². The maximum absolute atomic E-state index is 12.9. The van der Waals surface area contributed by atoms with Crippen molar-refractivity contribution in [2.24, 2.45) is 0 Å². The first-order valence-electron chi connectivity index (χ1n) is 9.77. The number of hydrogen-bond donors (Lipinski definition) is 1. The van der Waals surface area contributed by atoms with E-state index < -0.39 is 0 Å². The van der Waals surface area contributed by atoms with E-state index in [1.54, 1.807) is 24.5 Å². The predicted molar refractivity (Wildman–Crippen MR) is 114 cm³/mol. The van der Waals surface area contributed by atoms with Crippen LogP contribution >= 0.6 is 0 Å². The first-order chi connectivity index (χ1) is 14.8. The number of nitrogens with zero attached hydrogens (tertiary/aromatic N) is 5. The van der Waals surface area contributed by atoms with Gasteiger partial charge in [-0.2, -0.15) is 0 Å². The number of nitrogens with one attached hydrogen (secondary N) is 1. The number of aromatic nitrogens is 4. The smallest absolute Gasteiger partial charge is 0.259 e. The average molecular weight is 400 g/mol. The first-order valence-corrected chi connectivity index (χ1v) is 9.77. The number of imidazole rings is 1. The number of fused-ring (bicyclic) bond motifs is 1. The Hall–Kier alpha value is -3.78. The Kier molecular flexibility index (Phi) is 4.82. The zero-order valence-electron chi connectivity index (χ0n) is 16.2. The average Bonchev–Trinajstić information content (AvgIpc) is 3.24. The monoisotopic (exact) mass is 400 g/mol. The molecule has 4 aromatic rings. The fourth-order valence-electron chi connectivity index (χ4n) is 3.49. The zero-order valence-corrected chi connectivity index (χ0v) is 16.2. The summed E-state index contributed by atoms with van der Waals surface area (Å²) in [5, 5.41) is 2.97. The number of anilines is 2. The van der Waals surface area contributed by atoms with Crippen LogP contribution < -0.4 is 10.2 Å². The number of morpholine rings is 1. The Morgan fingerprint density at radius 2 is 1.80 bits per heavy atom. The summed E-state index contributed by atoms with van der Waals surface area (Å²) in [5.74, 6) is 1.15. The van der Waals surface area contributed by atoms with Crippen LogP contribution in [0.5, 0.6) is 0 Å². The quantitative estimate of drug-likeness (QED) is 0.567. The normalized spacial score (nSPS) is 14.1. The highest BCUT2D eigenvalue weighted by Crippen LogP contribution is 2.23. The topological polar surface area (TPSA) is 84.7 Å². The number of amides is 1. The van der Waals surface area contributed by atoms with Gasteiger partial charge < -0.3 is 15.0 Å². The predicted octanol–water partition coefficient (Wildman–Crippen LogP) is 2.88. The van der Waals surface area contributed by atoms with Gasteiger partial charge in [-0.05, 0) is 30.3 Å². The molecule has 4 heterocycles. The highest BCUT2D eigenvalue weighted by atomic mass is 16.5. The van der Waals surface area contributed by atoms with Gasteiger partial charge in [0.05, 0.1) is 24.5 Å². The molecule has 0 unspecified atom stereocenters. The Bertz CT molecular complexity index is 1150. The van der Waals surface area contributed by atoms with Crippen LogP contribution in [0.4, 0.5) is 11.5 Å². The summed E-state index contributed by atoms with van der Waals surface area (Å²) in [7, 11) is 0. The summed E-state index contributed by atoms with van der Waals surface area (Å²) >= 11 is 0. The van der Waals surface area contributed by atoms with Crippen molar-refractivity contribution in [1.29, 1.82) is 0 Å². The van der Waals surface area contributed by atoms with E-state index in [1.807, 2.05) is 47.1 Å². The van der Waals surface area contributed by atoms with Crippen LogP contribution in [0.25, 0.3) is 17.0 Å². The lowest BCUT2D eigenvalue weighted by Gasteiger charge is -2.29. The van der Waals surface area contributed by atoms with Gasteiger partial charge in [-0.25, -0.2) is 15.0 Å². The van der Waals surface area contributed by atoms with E-state index in [9.17, 15) is 4.79 Å². The Balaban J connectivity index is 1.34. The van der Waals surface area contributed by atoms with E-state index in [4.69, 9.17) is 4.74 Å². The van der Waals surface area contributed by atoms with Gasteiger partial charge in [0.1, 0.15) is 5.82 Å². The third-order valence-electron chi connectivity index (χ3n) is 5.02. The van der Waals surface area contributed by atoms with Crippen LogP contribution in [-0.4, -0.2) is 51.6 Å². The molecule has 0 spiro atoms. The molecule has 1 fully saturated rings. The Morgan fingerprint density at radius 3 is 2.60 bits per heavy atom. The minimum atomic E-state index is -0.186. The van der Waals surface area contributed by atoms with Crippen molar-refractivity contribution in [3.8, 4) is 11.3 Å². The summed E-state index contributed by atoms with van der Waals surface area (Å²) in [4.78, 5) is 28.2. The van der Waals surface area contributed by atoms with Crippen molar-refractivity contribution in [1.82, 2.24) is 19.4 Å². The summed E-state index contributed by atoms with van der Waals surface area (Å²) in [6.45, 7) is 2.72. The molecule has 1 amide bonds. The van der Waals surface area contributed by atoms with Crippen LogP contribution in [0.3, 0.4) is 0 Å². The van der Waals surface area contributed by atoms with E-state index in [2.05, 4.69) is 25.2 Å². The molecule has 8 nitrogen and oxygen atoms in total. The van der Waals surface area contributed by atoms with E-state index in [0.717, 1.165) is 24.3 Å². The highest BCUT2D eigenvalue weighted by molar-refractivity contribution is 6.07. The van der Waals surface area contributed by atoms with Gasteiger partial charge in [-0.3, -0.25) is 9.20 Å². The lowest BCUT2D eigenvalue weighted by molar-refractivity contribution is 0.102. The number of rotatable bonds is 4. The van der Waals surface area contributed by atoms with E-state index in [0.29, 0.717) is 36.1 Å². The second-order valence-electron chi connectivity index (χ2n) is 6.96. The molecule has 0 radical (unpaired) electrons. The number of carbonyl (C=O) groups is 1. The van der Waals surface area contributed by atoms with Crippen molar-refractivity contribution >= 4 is 23.2 Å². The van der Waals surface area contributed by atoms with Crippen LogP contribution in [0.2, 0.25) is 0 Å². The summed E-state index contributed by atoms with van der Waals surface area (Å²) < 4.78 is 7.28. The van der Waals surface area contributed by atoms with Gasteiger partial charge in [-0.1, -0.05) is 12.1 Å². The van der Waals surface area contributed by atoms with Crippen molar-refractivity contribution < 1.29 is 9.53 Å². The molecule has 30 heavy (non-hydrogen) atoms. The molecular formula is C22H20N6O2. The van der Waals surface area contributed by atoms with Crippen molar-refractivity contribution in [3.05, 3.63) is 72.8 Å². The molecular weight excluding hydrogens is 380 g/mol. The lowest BCUT2D eigenvalue weighted by atomic mass is 10.1. The Morgan fingerprint density at radius 1 is 1.00 bits per heavy atom. The minimum Gasteiger partial charge on any atom is -0.378 e. The van der Waals surface area contributed by atoms with Crippen LogP contribution in [-0.2, 0) is 4.74 Å². The fourth-order valence-corrected chi connectivity index (χ4v) is 3.49. The maximum Gasteiger partial charge on any atom is 0.259 e. The summed E-state index contributed by atoms with van der Waals surface area (Å²) in [6.07, 6.45) is 7.27. The number of benzene rings is 1. The molecule has 0 bridgehead atoms. The van der Waals surface area contributed by atoms with E-state index in [-0.39, 0.29) is 5.91 Å². The fraction of sp³-hybridized carbons (Fsp3) is 0.182. The molecule has 8 heteroatoms. The molecule has 1 aliphatic rings. The summed E-state index contributed by atoms with van der Waals surface area (Å²) in [6, 6.07) is 13.0. The molecule has 1 aliphatic heterocycles. The molecule has 1 N–H and O–H groups in total. The van der Waals surface area contributed by atoms with Crippen molar-refractivity contribution in [2.45, 2.75) is 0 Å². The van der Waals surface area contributed by atoms with Gasteiger partial charge in [0.25, 0.3) is 5.91 Å². The van der Waals surface area contributed by atoms with Crippen LogP contribution in [0, 0.1) is 0 Å². The second kappa shape index (κ2) is 7.92. The third kappa shape index (κ3) is 3.60.